The van der Waals surface area contributed by atoms with Crippen LogP contribution in [0.15, 0.2) is 53.4 Å². The molecule has 0 aliphatic heterocycles. The molecule has 1 N–H and O–H groups in total. The van der Waals surface area contributed by atoms with Crippen LogP contribution in [0, 0.1) is 6.92 Å². The molecule has 2 rings (SSSR count). The van der Waals surface area contributed by atoms with Crippen LogP contribution in [-0.2, 0) is 16.6 Å². The highest BCUT2D eigenvalue weighted by molar-refractivity contribution is 7.89. The van der Waals surface area contributed by atoms with Gasteiger partial charge in [-0.3, -0.25) is 0 Å². The summed E-state index contributed by atoms with van der Waals surface area (Å²) >= 11 is 5.79. The Hall–Kier alpha value is -1.36. The number of sulfonamides is 1. The maximum absolute atomic E-state index is 12.1. The zero-order chi connectivity index (χ0) is 13.9. The number of halogens is 1. The Balaban J connectivity index is 2.12. The van der Waals surface area contributed by atoms with E-state index in [0.717, 1.165) is 11.1 Å². The van der Waals surface area contributed by atoms with Crippen LogP contribution in [0.2, 0.25) is 5.02 Å². The van der Waals surface area contributed by atoms with E-state index >= 15 is 0 Å². The Morgan fingerprint density at radius 2 is 1.79 bits per heavy atom. The van der Waals surface area contributed by atoms with Crippen LogP contribution in [-0.4, -0.2) is 8.42 Å². The molecule has 5 heteroatoms. The summed E-state index contributed by atoms with van der Waals surface area (Å²) in [5.41, 5.74) is 2.05. The van der Waals surface area contributed by atoms with Crippen molar-refractivity contribution in [1.82, 2.24) is 4.72 Å². The van der Waals surface area contributed by atoms with Gasteiger partial charge in [-0.15, -0.1) is 0 Å². The lowest BCUT2D eigenvalue weighted by Gasteiger charge is -2.07. The van der Waals surface area contributed by atoms with Crippen LogP contribution in [0.4, 0.5) is 0 Å². The van der Waals surface area contributed by atoms with Crippen molar-refractivity contribution in [3.8, 4) is 0 Å². The molecular formula is C14H14ClNO2S. The van der Waals surface area contributed by atoms with Gasteiger partial charge in [0, 0.05) is 11.6 Å². The summed E-state index contributed by atoms with van der Waals surface area (Å²) in [4.78, 5) is 0.173. The molecule has 0 aromatic heterocycles. The number of nitrogens with one attached hydrogen (secondary N) is 1. The van der Waals surface area contributed by atoms with Gasteiger partial charge in [-0.1, -0.05) is 47.5 Å². The summed E-state index contributed by atoms with van der Waals surface area (Å²) in [6.45, 7) is 2.25. The maximum atomic E-state index is 12.1. The molecule has 0 radical (unpaired) electrons. The van der Waals surface area contributed by atoms with Crippen molar-refractivity contribution in [3.05, 3.63) is 64.7 Å². The predicted octanol–water partition coefficient (Wildman–Crippen LogP) is 3.13. The highest BCUT2D eigenvalue weighted by Gasteiger charge is 2.13. The molecule has 0 atom stereocenters. The molecule has 100 valence electrons. The molecule has 0 saturated heterocycles. The van der Waals surface area contributed by atoms with Gasteiger partial charge in [0.1, 0.15) is 0 Å². The highest BCUT2D eigenvalue weighted by Crippen LogP contribution is 2.15. The molecule has 2 aromatic rings. The summed E-state index contributed by atoms with van der Waals surface area (Å²) < 4.78 is 26.7. The molecule has 19 heavy (non-hydrogen) atoms. The summed E-state index contributed by atoms with van der Waals surface area (Å²) in [6, 6.07) is 13.9. The van der Waals surface area contributed by atoms with Gasteiger partial charge >= 0.3 is 0 Å². The Morgan fingerprint density at radius 1 is 1.11 bits per heavy atom. The maximum Gasteiger partial charge on any atom is 0.240 e. The van der Waals surface area contributed by atoms with E-state index in [-0.39, 0.29) is 11.4 Å². The van der Waals surface area contributed by atoms with Crippen molar-refractivity contribution in [1.29, 1.82) is 0 Å². The van der Waals surface area contributed by atoms with E-state index in [1.165, 1.54) is 12.1 Å². The summed E-state index contributed by atoms with van der Waals surface area (Å²) in [6.07, 6.45) is 0. The predicted molar refractivity (Wildman–Crippen MR) is 76.7 cm³/mol. The Morgan fingerprint density at radius 3 is 2.42 bits per heavy atom. The van der Waals surface area contributed by atoms with Gasteiger partial charge in [0.25, 0.3) is 0 Å². The lowest BCUT2D eigenvalue weighted by atomic mass is 10.2. The Bertz CT molecular complexity index is 666. The van der Waals surface area contributed by atoms with Gasteiger partial charge in [-0.2, -0.15) is 0 Å². The molecule has 0 amide bonds. The molecule has 0 unspecified atom stereocenters. The third kappa shape index (κ3) is 3.80. The van der Waals surface area contributed by atoms with Gasteiger partial charge in [0.05, 0.1) is 4.90 Å². The number of aryl methyl sites for hydroxylation is 1. The van der Waals surface area contributed by atoms with E-state index in [2.05, 4.69) is 4.72 Å². The van der Waals surface area contributed by atoms with E-state index in [1.54, 1.807) is 12.1 Å². The van der Waals surface area contributed by atoms with Gasteiger partial charge < -0.3 is 0 Å². The second-order valence-corrected chi connectivity index (χ2v) is 6.47. The molecule has 0 aliphatic rings. The lowest BCUT2D eigenvalue weighted by Crippen LogP contribution is -2.23. The van der Waals surface area contributed by atoms with E-state index < -0.39 is 10.0 Å². The topological polar surface area (TPSA) is 46.2 Å². The molecule has 2 aromatic carbocycles. The van der Waals surface area contributed by atoms with Crippen LogP contribution < -0.4 is 4.72 Å². The minimum absolute atomic E-state index is 0.173. The average Bonchev–Trinajstić information content (AvgIpc) is 2.38. The van der Waals surface area contributed by atoms with Crippen molar-refractivity contribution < 1.29 is 8.42 Å². The van der Waals surface area contributed by atoms with Crippen molar-refractivity contribution in [2.24, 2.45) is 0 Å². The van der Waals surface area contributed by atoms with Crippen molar-refractivity contribution in [2.75, 3.05) is 0 Å². The molecule has 0 bridgehead atoms. The zero-order valence-corrected chi connectivity index (χ0v) is 12.0. The van der Waals surface area contributed by atoms with E-state index in [4.69, 9.17) is 11.6 Å². The summed E-state index contributed by atoms with van der Waals surface area (Å²) in [5.74, 6) is 0. The van der Waals surface area contributed by atoms with Crippen molar-refractivity contribution >= 4 is 21.6 Å². The third-order valence-corrected chi connectivity index (χ3v) is 4.33. The quantitative estimate of drug-likeness (QED) is 0.942. The van der Waals surface area contributed by atoms with Crippen LogP contribution in [0.1, 0.15) is 11.1 Å². The monoisotopic (exact) mass is 295 g/mol. The number of hydrogen-bond acceptors (Lipinski definition) is 2. The largest absolute Gasteiger partial charge is 0.240 e. The molecule has 0 spiro atoms. The first kappa shape index (κ1) is 14.1. The number of hydrogen-bond donors (Lipinski definition) is 1. The fourth-order valence-corrected chi connectivity index (χ4v) is 2.92. The lowest BCUT2D eigenvalue weighted by molar-refractivity contribution is 0.581. The standard InChI is InChI=1S/C14H14ClNO2S/c1-11-5-7-12(8-6-11)10-16-19(17,18)14-4-2-3-13(15)9-14/h2-9,16H,10H2,1H3. The number of rotatable bonds is 4. The molecule has 0 aliphatic carbocycles. The smallest absolute Gasteiger partial charge is 0.207 e. The summed E-state index contributed by atoms with van der Waals surface area (Å²) in [7, 11) is -3.53. The molecule has 0 heterocycles. The van der Waals surface area contributed by atoms with E-state index in [1.807, 2.05) is 31.2 Å². The Kier molecular flexibility index (Phi) is 4.24. The minimum atomic E-state index is -3.53. The fourth-order valence-electron chi connectivity index (χ4n) is 1.60. The molecule has 3 nitrogen and oxygen atoms in total. The molecule has 0 saturated carbocycles. The third-order valence-electron chi connectivity index (χ3n) is 2.69. The average molecular weight is 296 g/mol. The van der Waals surface area contributed by atoms with Gasteiger partial charge in [0.15, 0.2) is 0 Å². The van der Waals surface area contributed by atoms with Crippen LogP contribution in [0.25, 0.3) is 0 Å². The Labute approximate surface area is 118 Å². The summed E-state index contributed by atoms with van der Waals surface area (Å²) in [5, 5.41) is 0.401. The van der Waals surface area contributed by atoms with Gasteiger partial charge in [0.2, 0.25) is 10.0 Å². The SMILES string of the molecule is Cc1ccc(CNS(=O)(=O)c2cccc(Cl)c2)cc1. The van der Waals surface area contributed by atoms with Gasteiger partial charge in [-0.05, 0) is 30.7 Å². The first-order chi connectivity index (χ1) is 8.97. The molecule has 0 fully saturated rings. The van der Waals surface area contributed by atoms with Crippen LogP contribution in [0.5, 0.6) is 0 Å². The van der Waals surface area contributed by atoms with Crippen molar-refractivity contribution in [3.63, 3.8) is 0 Å². The van der Waals surface area contributed by atoms with E-state index in [9.17, 15) is 8.42 Å². The van der Waals surface area contributed by atoms with E-state index in [0.29, 0.717) is 5.02 Å². The highest BCUT2D eigenvalue weighted by atomic mass is 35.5. The van der Waals surface area contributed by atoms with Crippen molar-refractivity contribution in [2.45, 2.75) is 18.4 Å². The van der Waals surface area contributed by atoms with Crippen LogP contribution >= 0.6 is 11.6 Å². The zero-order valence-electron chi connectivity index (χ0n) is 10.4. The second-order valence-electron chi connectivity index (χ2n) is 4.27. The normalized spacial score (nSPS) is 11.5. The minimum Gasteiger partial charge on any atom is -0.207 e. The second kappa shape index (κ2) is 5.74. The molecular weight excluding hydrogens is 282 g/mol. The van der Waals surface area contributed by atoms with Gasteiger partial charge in [-0.25, -0.2) is 13.1 Å². The first-order valence-electron chi connectivity index (χ1n) is 5.78. The van der Waals surface area contributed by atoms with Crippen LogP contribution in [0.3, 0.4) is 0 Å². The number of benzene rings is 2. The fraction of sp³-hybridized carbons (Fsp3) is 0.143. The first-order valence-corrected chi connectivity index (χ1v) is 7.64.